The fourth-order valence-electron chi connectivity index (χ4n) is 2.89. The van der Waals surface area contributed by atoms with Crippen molar-refractivity contribution in [2.24, 2.45) is 0 Å². The van der Waals surface area contributed by atoms with Crippen molar-refractivity contribution in [3.05, 3.63) is 98.5 Å². The van der Waals surface area contributed by atoms with Gasteiger partial charge in [0, 0.05) is 11.0 Å². The van der Waals surface area contributed by atoms with Crippen LogP contribution < -0.4 is 14.8 Å². The van der Waals surface area contributed by atoms with Gasteiger partial charge in [0.05, 0.1) is 12.1 Å². The van der Waals surface area contributed by atoms with Gasteiger partial charge in [-0.15, -0.1) is 0 Å². The molecule has 0 bridgehead atoms. The Morgan fingerprint density at radius 1 is 1.12 bits per heavy atom. The Labute approximate surface area is 200 Å². The molecule has 0 saturated heterocycles. The zero-order chi connectivity index (χ0) is 22.9. The molecule has 0 spiro atoms. The van der Waals surface area contributed by atoms with E-state index in [0.29, 0.717) is 35.2 Å². The summed E-state index contributed by atoms with van der Waals surface area (Å²) in [5, 5.41) is 12.5. The first kappa shape index (κ1) is 23.4. The van der Waals surface area contributed by atoms with Crippen molar-refractivity contribution in [3.63, 3.8) is 0 Å². The normalized spacial score (nSPS) is 10.9. The van der Waals surface area contributed by atoms with Crippen LogP contribution in [-0.4, -0.2) is 13.0 Å². The number of halogens is 2. The van der Waals surface area contributed by atoms with Crippen molar-refractivity contribution >= 4 is 39.5 Å². The molecule has 0 unspecified atom stereocenters. The molecule has 3 rings (SSSR count). The van der Waals surface area contributed by atoms with E-state index >= 15 is 0 Å². The van der Waals surface area contributed by atoms with Crippen LogP contribution in [0, 0.1) is 11.3 Å². The average Bonchev–Trinajstić information content (AvgIpc) is 2.81. The quantitative estimate of drug-likeness (QED) is 0.301. The van der Waals surface area contributed by atoms with Gasteiger partial charge in [0.1, 0.15) is 18.2 Å². The number of ether oxygens (including phenoxy) is 2. The lowest BCUT2D eigenvalue weighted by molar-refractivity contribution is -0.117. The monoisotopic (exact) mass is 510 g/mol. The summed E-state index contributed by atoms with van der Waals surface area (Å²) >= 11 is 9.83. The summed E-state index contributed by atoms with van der Waals surface area (Å²) in [6, 6.07) is 22.4. The van der Waals surface area contributed by atoms with E-state index in [1.165, 1.54) is 13.2 Å². The van der Waals surface area contributed by atoms with Gasteiger partial charge in [-0.25, -0.2) is 0 Å². The zero-order valence-corrected chi connectivity index (χ0v) is 19.6. The second-order valence-electron chi connectivity index (χ2n) is 6.79. The van der Waals surface area contributed by atoms with Gasteiger partial charge in [-0.05, 0) is 47.0 Å². The number of hydrogen-bond acceptors (Lipinski definition) is 4. The lowest BCUT2D eigenvalue weighted by atomic mass is 10.1. The largest absolute Gasteiger partial charge is 0.493 e. The van der Waals surface area contributed by atoms with Crippen molar-refractivity contribution in [3.8, 4) is 17.6 Å². The van der Waals surface area contributed by atoms with Crippen LogP contribution >= 0.6 is 27.5 Å². The topological polar surface area (TPSA) is 71.3 Å². The van der Waals surface area contributed by atoms with E-state index in [1.54, 1.807) is 12.1 Å². The van der Waals surface area contributed by atoms with Crippen LogP contribution in [0.1, 0.15) is 16.7 Å². The third-order valence-electron chi connectivity index (χ3n) is 4.52. The molecule has 0 fully saturated rings. The molecule has 5 nitrogen and oxygen atoms in total. The number of nitrogens with zero attached hydrogens (tertiary/aromatic N) is 1. The minimum absolute atomic E-state index is 0.0393. The Morgan fingerprint density at radius 2 is 1.84 bits per heavy atom. The van der Waals surface area contributed by atoms with Crippen molar-refractivity contribution in [1.29, 1.82) is 5.26 Å². The lowest BCUT2D eigenvalue weighted by Gasteiger charge is -2.14. The first-order valence-corrected chi connectivity index (χ1v) is 10.9. The molecule has 32 heavy (non-hydrogen) atoms. The van der Waals surface area contributed by atoms with Crippen LogP contribution in [0.4, 0.5) is 0 Å². The van der Waals surface area contributed by atoms with Crippen molar-refractivity contribution in [2.75, 3.05) is 7.11 Å². The number of hydrogen-bond donors (Lipinski definition) is 1. The van der Waals surface area contributed by atoms with E-state index in [1.807, 2.05) is 60.7 Å². The van der Waals surface area contributed by atoms with Crippen molar-refractivity contribution < 1.29 is 14.3 Å². The van der Waals surface area contributed by atoms with E-state index in [0.717, 1.165) is 15.6 Å². The number of benzene rings is 3. The minimum atomic E-state index is -0.470. The average molecular weight is 512 g/mol. The number of methoxy groups -OCH3 is 1. The van der Waals surface area contributed by atoms with E-state index in [2.05, 4.69) is 21.2 Å². The lowest BCUT2D eigenvalue weighted by Crippen LogP contribution is -2.23. The molecule has 0 aromatic heterocycles. The Morgan fingerprint density at radius 3 is 2.50 bits per heavy atom. The van der Waals surface area contributed by atoms with E-state index in [9.17, 15) is 10.1 Å². The Hall–Kier alpha value is -3.27. The molecule has 1 amide bonds. The number of carbonyl (C=O) groups is 1. The third kappa shape index (κ3) is 6.36. The van der Waals surface area contributed by atoms with Gasteiger partial charge >= 0.3 is 0 Å². The summed E-state index contributed by atoms with van der Waals surface area (Å²) in [6.45, 7) is 0.634. The van der Waals surface area contributed by atoms with Gasteiger partial charge in [-0.3, -0.25) is 4.79 Å². The summed E-state index contributed by atoms with van der Waals surface area (Å²) in [7, 11) is 1.50. The van der Waals surface area contributed by atoms with Gasteiger partial charge in [0.15, 0.2) is 11.5 Å². The molecular weight excluding hydrogens is 492 g/mol. The highest BCUT2D eigenvalue weighted by atomic mass is 79.9. The summed E-state index contributed by atoms with van der Waals surface area (Å²) < 4.78 is 12.3. The van der Waals surface area contributed by atoms with Crippen molar-refractivity contribution in [2.45, 2.75) is 13.2 Å². The first-order chi connectivity index (χ1) is 15.5. The van der Waals surface area contributed by atoms with Crippen LogP contribution in [0.5, 0.6) is 11.5 Å². The Balaban J connectivity index is 1.75. The maximum absolute atomic E-state index is 12.4. The molecule has 0 atom stereocenters. The summed E-state index contributed by atoms with van der Waals surface area (Å²) in [5.74, 6) is 0.325. The molecule has 3 aromatic carbocycles. The fraction of sp³-hybridized carbons (Fsp3) is 0.120. The number of nitrogens with one attached hydrogen (secondary N) is 1. The standard InChI is InChI=1S/C25H20BrClN2O3/c1-31-23-13-19(11-20(14-28)25(30)29-15-17-5-3-2-4-6-17)12-22(27)24(23)32-16-18-7-9-21(26)10-8-18/h2-13H,15-16H2,1H3,(H,29,30)/b20-11-. The third-order valence-corrected chi connectivity index (χ3v) is 5.33. The van der Waals surface area contributed by atoms with Crippen LogP contribution in [0.2, 0.25) is 5.02 Å². The SMILES string of the molecule is COc1cc(/C=C(/C#N)C(=O)NCc2ccccc2)cc(Cl)c1OCc1ccc(Br)cc1. The minimum Gasteiger partial charge on any atom is -0.493 e. The van der Waals surface area contributed by atoms with Gasteiger partial charge in [0.25, 0.3) is 5.91 Å². The van der Waals surface area contributed by atoms with E-state index < -0.39 is 5.91 Å². The molecule has 1 N–H and O–H groups in total. The number of carbonyl (C=O) groups excluding carboxylic acids is 1. The first-order valence-electron chi connectivity index (χ1n) is 9.69. The molecule has 0 aliphatic carbocycles. The van der Waals surface area contributed by atoms with Crippen LogP contribution in [0.3, 0.4) is 0 Å². The molecule has 0 aliphatic rings. The highest BCUT2D eigenvalue weighted by molar-refractivity contribution is 9.10. The molecule has 0 radical (unpaired) electrons. The number of rotatable bonds is 8. The molecule has 7 heteroatoms. The predicted octanol–water partition coefficient (Wildman–Crippen LogP) is 5.91. The summed E-state index contributed by atoms with van der Waals surface area (Å²) in [4.78, 5) is 12.4. The van der Waals surface area contributed by atoms with Gasteiger partial charge in [-0.2, -0.15) is 5.26 Å². The van der Waals surface area contributed by atoms with Crippen LogP contribution in [-0.2, 0) is 17.9 Å². The predicted molar refractivity (Wildman–Crippen MR) is 128 cm³/mol. The van der Waals surface area contributed by atoms with Crippen LogP contribution in [0.15, 0.2) is 76.8 Å². The maximum atomic E-state index is 12.4. The second-order valence-corrected chi connectivity index (χ2v) is 8.11. The fourth-order valence-corrected chi connectivity index (χ4v) is 3.43. The second kappa shape index (κ2) is 11.4. The highest BCUT2D eigenvalue weighted by Gasteiger charge is 2.14. The van der Waals surface area contributed by atoms with E-state index in [-0.39, 0.29) is 5.57 Å². The molecule has 0 aliphatic heterocycles. The van der Waals surface area contributed by atoms with Gasteiger partial charge in [0.2, 0.25) is 0 Å². The van der Waals surface area contributed by atoms with Crippen molar-refractivity contribution in [1.82, 2.24) is 5.32 Å². The molecule has 0 saturated carbocycles. The summed E-state index contributed by atoms with van der Waals surface area (Å²) in [6.07, 6.45) is 1.47. The van der Waals surface area contributed by atoms with Gasteiger partial charge < -0.3 is 14.8 Å². The zero-order valence-electron chi connectivity index (χ0n) is 17.3. The molecule has 3 aromatic rings. The number of nitriles is 1. The van der Waals surface area contributed by atoms with Crippen LogP contribution in [0.25, 0.3) is 6.08 Å². The highest BCUT2D eigenvalue weighted by Crippen LogP contribution is 2.37. The molecular formula is C25H20BrClN2O3. The van der Waals surface area contributed by atoms with Gasteiger partial charge in [-0.1, -0.05) is 70.0 Å². The maximum Gasteiger partial charge on any atom is 0.262 e. The van der Waals surface area contributed by atoms with E-state index in [4.69, 9.17) is 21.1 Å². The number of amides is 1. The molecule has 162 valence electrons. The Kier molecular flexibility index (Phi) is 8.32. The summed E-state index contributed by atoms with van der Waals surface area (Å²) in [5.41, 5.74) is 2.42. The molecule has 0 heterocycles. The Bertz CT molecular complexity index is 1160. The smallest absolute Gasteiger partial charge is 0.262 e.